The Hall–Kier alpha value is -1.88. The first-order valence-corrected chi connectivity index (χ1v) is 8.39. The summed E-state index contributed by atoms with van der Waals surface area (Å²) in [5.41, 5.74) is 2.43. The van der Waals surface area contributed by atoms with Crippen LogP contribution in [0.3, 0.4) is 0 Å². The summed E-state index contributed by atoms with van der Waals surface area (Å²) >= 11 is 0. The Morgan fingerprint density at radius 3 is 2.38 bits per heavy atom. The lowest BCUT2D eigenvalue weighted by Crippen LogP contribution is -2.13. The number of anilines is 1. The van der Waals surface area contributed by atoms with Gasteiger partial charge in [0.1, 0.15) is 0 Å². The lowest BCUT2D eigenvalue weighted by Gasteiger charge is -2.10. The Morgan fingerprint density at radius 2 is 1.81 bits per heavy atom. The summed E-state index contributed by atoms with van der Waals surface area (Å²) < 4.78 is 27.2. The fraction of sp³-hybridized carbons (Fsp3) is 0.312. The van der Waals surface area contributed by atoms with Gasteiger partial charge in [0.25, 0.3) is 10.0 Å². The van der Waals surface area contributed by atoms with E-state index in [1.54, 1.807) is 30.5 Å². The predicted octanol–water partition coefficient (Wildman–Crippen LogP) is 3.39. The molecule has 2 aromatic rings. The van der Waals surface area contributed by atoms with Crippen LogP contribution in [0.1, 0.15) is 25.1 Å². The molecule has 112 valence electrons. The van der Waals surface area contributed by atoms with Gasteiger partial charge in [-0.25, -0.2) is 8.42 Å². The van der Waals surface area contributed by atoms with Crippen molar-refractivity contribution < 1.29 is 8.42 Å². The topological polar surface area (TPSA) is 59.1 Å². The summed E-state index contributed by atoms with van der Waals surface area (Å²) in [5.74, 6) is 0.547. The van der Waals surface area contributed by atoms with Crippen LogP contribution in [0.2, 0.25) is 0 Å². The largest absolute Gasteiger partial charge is 0.280 e. The average Bonchev–Trinajstić information content (AvgIpc) is 2.38. The Labute approximate surface area is 126 Å². The van der Waals surface area contributed by atoms with Gasteiger partial charge in [0.15, 0.2) is 0 Å². The van der Waals surface area contributed by atoms with Gasteiger partial charge < -0.3 is 0 Å². The van der Waals surface area contributed by atoms with Gasteiger partial charge in [-0.05, 0) is 49.1 Å². The van der Waals surface area contributed by atoms with E-state index in [9.17, 15) is 8.42 Å². The molecule has 0 aliphatic heterocycles. The second kappa shape index (κ2) is 6.26. The number of rotatable bonds is 5. The van der Waals surface area contributed by atoms with E-state index < -0.39 is 10.0 Å². The van der Waals surface area contributed by atoms with Gasteiger partial charge in [-0.3, -0.25) is 9.71 Å². The van der Waals surface area contributed by atoms with Crippen molar-refractivity contribution in [2.75, 3.05) is 4.72 Å². The third kappa shape index (κ3) is 4.29. The summed E-state index contributed by atoms with van der Waals surface area (Å²) in [6, 6.07) is 10.4. The molecule has 1 heterocycles. The SMILES string of the molecule is Cc1cc(NS(=O)(=O)c2ccc(CC(C)C)cc2)ccn1. The number of benzene rings is 1. The molecule has 0 atom stereocenters. The zero-order chi connectivity index (χ0) is 15.5. The molecular weight excluding hydrogens is 284 g/mol. The Morgan fingerprint density at radius 1 is 1.14 bits per heavy atom. The van der Waals surface area contributed by atoms with Gasteiger partial charge in [0, 0.05) is 11.9 Å². The minimum absolute atomic E-state index is 0.268. The monoisotopic (exact) mass is 304 g/mol. The molecule has 21 heavy (non-hydrogen) atoms. The molecule has 0 bridgehead atoms. The number of aryl methyl sites for hydroxylation is 1. The standard InChI is InChI=1S/C16H20N2O2S/c1-12(2)10-14-4-6-16(7-5-14)21(19,20)18-15-8-9-17-13(3)11-15/h4-9,11-12H,10H2,1-3H3,(H,17,18). The number of nitrogens with zero attached hydrogens (tertiary/aromatic N) is 1. The number of aromatic nitrogens is 1. The second-order valence-electron chi connectivity index (χ2n) is 5.53. The maximum atomic E-state index is 12.3. The van der Waals surface area contributed by atoms with Gasteiger partial charge in [0.2, 0.25) is 0 Å². The molecule has 1 aromatic carbocycles. The highest BCUT2D eigenvalue weighted by Crippen LogP contribution is 2.17. The summed E-state index contributed by atoms with van der Waals surface area (Å²) in [7, 11) is -3.55. The first-order chi connectivity index (χ1) is 9.87. The first kappa shape index (κ1) is 15.5. The maximum Gasteiger partial charge on any atom is 0.261 e. The van der Waals surface area contributed by atoms with Crippen LogP contribution in [-0.2, 0) is 16.4 Å². The molecule has 1 N–H and O–H groups in total. The molecule has 0 aliphatic carbocycles. The maximum absolute atomic E-state index is 12.3. The highest BCUT2D eigenvalue weighted by molar-refractivity contribution is 7.92. The highest BCUT2D eigenvalue weighted by Gasteiger charge is 2.14. The molecule has 0 saturated carbocycles. The second-order valence-corrected chi connectivity index (χ2v) is 7.22. The molecule has 0 aliphatic rings. The van der Waals surface area contributed by atoms with Crippen LogP contribution in [0.15, 0.2) is 47.5 Å². The molecule has 0 saturated heterocycles. The minimum Gasteiger partial charge on any atom is -0.280 e. The van der Waals surface area contributed by atoms with Gasteiger partial charge in [-0.1, -0.05) is 26.0 Å². The number of sulfonamides is 1. The van der Waals surface area contributed by atoms with Gasteiger partial charge >= 0.3 is 0 Å². The van der Waals surface area contributed by atoms with Crippen LogP contribution < -0.4 is 4.72 Å². The number of hydrogen-bond donors (Lipinski definition) is 1. The van der Waals surface area contributed by atoms with Crippen LogP contribution in [0.5, 0.6) is 0 Å². The quantitative estimate of drug-likeness (QED) is 0.921. The van der Waals surface area contributed by atoms with Crippen LogP contribution in [-0.4, -0.2) is 13.4 Å². The molecule has 0 fully saturated rings. The number of pyridine rings is 1. The van der Waals surface area contributed by atoms with Crippen molar-refractivity contribution in [3.8, 4) is 0 Å². The van der Waals surface area contributed by atoms with E-state index in [2.05, 4.69) is 23.6 Å². The molecule has 5 heteroatoms. The van der Waals surface area contributed by atoms with Crippen LogP contribution in [0.4, 0.5) is 5.69 Å². The fourth-order valence-corrected chi connectivity index (χ4v) is 3.15. The van der Waals surface area contributed by atoms with Crippen molar-refractivity contribution in [1.29, 1.82) is 0 Å². The normalized spacial score (nSPS) is 11.6. The third-order valence-electron chi connectivity index (χ3n) is 3.03. The van der Waals surface area contributed by atoms with E-state index in [0.29, 0.717) is 11.6 Å². The van der Waals surface area contributed by atoms with Crippen molar-refractivity contribution in [3.63, 3.8) is 0 Å². The van der Waals surface area contributed by atoms with Crippen molar-refractivity contribution in [2.45, 2.75) is 32.1 Å². The van der Waals surface area contributed by atoms with Gasteiger partial charge in [0.05, 0.1) is 10.6 Å². The smallest absolute Gasteiger partial charge is 0.261 e. The summed E-state index contributed by atoms with van der Waals surface area (Å²) in [6.45, 7) is 6.09. The van der Waals surface area contributed by atoms with Crippen LogP contribution in [0, 0.1) is 12.8 Å². The molecule has 0 amide bonds. The van der Waals surface area contributed by atoms with Crippen molar-refractivity contribution >= 4 is 15.7 Å². The zero-order valence-electron chi connectivity index (χ0n) is 12.5. The average molecular weight is 304 g/mol. The van der Waals surface area contributed by atoms with Crippen molar-refractivity contribution in [2.24, 2.45) is 5.92 Å². The van der Waals surface area contributed by atoms with Crippen LogP contribution in [0.25, 0.3) is 0 Å². The van der Waals surface area contributed by atoms with E-state index in [4.69, 9.17) is 0 Å². The van der Waals surface area contributed by atoms with E-state index in [1.807, 2.05) is 19.1 Å². The molecule has 2 rings (SSSR count). The summed E-state index contributed by atoms with van der Waals surface area (Å²) in [6.07, 6.45) is 2.52. The molecule has 0 radical (unpaired) electrons. The first-order valence-electron chi connectivity index (χ1n) is 6.91. The Bertz CT molecular complexity index is 707. The minimum atomic E-state index is -3.55. The van der Waals surface area contributed by atoms with Crippen molar-refractivity contribution in [3.05, 3.63) is 53.9 Å². The Kier molecular flexibility index (Phi) is 4.63. The summed E-state index contributed by atoms with van der Waals surface area (Å²) in [4.78, 5) is 4.31. The highest BCUT2D eigenvalue weighted by atomic mass is 32.2. The van der Waals surface area contributed by atoms with Gasteiger partial charge in [-0.15, -0.1) is 0 Å². The zero-order valence-corrected chi connectivity index (χ0v) is 13.3. The molecule has 0 unspecified atom stereocenters. The number of hydrogen-bond acceptors (Lipinski definition) is 3. The third-order valence-corrected chi connectivity index (χ3v) is 4.42. The number of nitrogens with one attached hydrogen (secondary N) is 1. The van der Waals surface area contributed by atoms with E-state index in [-0.39, 0.29) is 4.90 Å². The van der Waals surface area contributed by atoms with E-state index in [1.165, 1.54) is 0 Å². The molecule has 4 nitrogen and oxygen atoms in total. The predicted molar refractivity (Wildman–Crippen MR) is 84.8 cm³/mol. The van der Waals surface area contributed by atoms with Crippen LogP contribution >= 0.6 is 0 Å². The van der Waals surface area contributed by atoms with E-state index in [0.717, 1.165) is 17.7 Å². The molecule has 0 spiro atoms. The fourth-order valence-electron chi connectivity index (χ4n) is 2.10. The molecular formula is C16H20N2O2S. The Balaban J connectivity index is 2.19. The summed E-state index contributed by atoms with van der Waals surface area (Å²) in [5, 5.41) is 0. The van der Waals surface area contributed by atoms with E-state index >= 15 is 0 Å². The lowest BCUT2D eigenvalue weighted by molar-refractivity contribution is 0.601. The molecule has 1 aromatic heterocycles. The van der Waals surface area contributed by atoms with Gasteiger partial charge in [-0.2, -0.15) is 0 Å². The van der Waals surface area contributed by atoms with Crippen molar-refractivity contribution in [1.82, 2.24) is 4.98 Å². The lowest BCUT2D eigenvalue weighted by atomic mass is 10.0.